The van der Waals surface area contributed by atoms with E-state index in [0.717, 1.165) is 10.6 Å². The molecule has 0 heterocycles. The summed E-state index contributed by atoms with van der Waals surface area (Å²) in [5.41, 5.74) is 1.14. The molecule has 66 valence electrons. The Bertz CT molecular complexity index is 317. The quantitative estimate of drug-likeness (QED) is 0.630. The minimum atomic E-state index is 0.763. The van der Waals surface area contributed by atoms with E-state index >= 15 is 0 Å². The molecule has 0 bridgehead atoms. The summed E-state index contributed by atoms with van der Waals surface area (Å²) in [5, 5.41) is 0.763. The average molecular weight is 191 g/mol. The molecule has 0 nitrogen and oxygen atoms in total. The van der Waals surface area contributed by atoms with E-state index in [1.165, 1.54) is 0 Å². The highest BCUT2D eigenvalue weighted by molar-refractivity contribution is 6.30. The van der Waals surface area contributed by atoms with Crippen molar-refractivity contribution in [2.45, 2.75) is 0 Å². The first-order valence-corrected chi connectivity index (χ1v) is 4.42. The second kappa shape index (κ2) is 5.39. The molecule has 1 rings (SSSR count). The molecular formula is C12H11Cl. The van der Waals surface area contributed by atoms with Crippen LogP contribution in [0.15, 0.2) is 55.1 Å². The molecule has 13 heavy (non-hydrogen) atoms. The summed E-state index contributed by atoms with van der Waals surface area (Å²) in [7, 11) is 0. The van der Waals surface area contributed by atoms with Gasteiger partial charge in [-0.3, -0.25) is 0 Å². The molecule has 0 spiro atoms. The molecule has 0 saturated carbocycles. The van der Waals surface area contributed by atoms with Gasteiger partial charge in [0.2, 0.25) is 0 Å². The van der Waals surface area contributed by atoms with Crippen molar-refractivity contribution >= 4 is 17.7 Å². The minimum absolute atomic E-state index is 0.763. The summed E-state index contributed by atoms with van der Waals surface area (Å²) in [5.74, 6) is 0. The Morgan fingerprint density at radius 2 is 1.69 bits per heavy atom. The minimum Gasteiger partial charge on any atom is -0.0991 e. The van der Waals surface area contributed by atoms with E-state index in [1.807, 2.05) is 48.6 Å². The highest BCUT2D eigenvalue weighted by Crippen LogP contribution is 2.10. The van der Waals surface area contributed by atoms with Gasteiger partial charge < -0.3 is 0 Å². The summed E-state index contributed by atoms with van der Waals surface area (Å²) in [6, 6.07) is 7.69. The van der Waals surface area contributed by atoms with Crippen LogP contribution >= 0.6 is 11.6 Å². The SMILES string of the molecule is C=CC=CC=Cc1ccc(Cl)cc1. The summed E-state index contributed by atoms with van der Waals surface area (Å²) >= 11 is 5.74. The summed E-state index contributed by atoms with van der Waals surface area (Å²) < 4.78 is 0. The lowest BCUT2D eigenvalue weighted by atomic mass is 10.2. The molecule has 0 N–H and O–H groups in total. The standard InChI is InChI=1S/C12H11Cl/c1-2-3-4-5-6-11-7-9-12(13)10-8-11/h2-10H,1H2. The topological polar surface area (TPSA) is 0 Å². The van der Waals surface area contributed by atoms with Gasteiger partial charge in [0.1, 0.15) is 0 Å². The average Bonchev–Trinajstić information content (AvgIpc) is 2.15. The van der Waals surface area contributed by atoms with Gasteiger partial charge in [0.15, 0.2) is 0 Å². The van der Waals surface area contributed by atoms with Crippen LogP contribution in [0.25, 0.3) is 6.08 Å². The van der Waals surface area contributed by atoms with Crippen molar-refractivity contribution in [1.29, 1.82) is 0 Å². The van der Waals surface area contributed by atoms with Crippen LogP contribution in [-0.4, -0.2) is 0 Å². The fourth-order valence-corrected chi connectivity index (χ4v) is 1.01. The Balaban J connectivity index is 2.64. The molecule has 0 aliphatic carbocycles. The fraction of sp³-hybridized carbons (Fsp3) is 0. The fourth-order valence-electron chi connectivity index (χ4n) is 0.883. The van der Waals surface area contributed by atoms with Crippen LogP contribution in [0, 0.1) is 0 Å². The molecule has 0 atom stereocenters. The van der Waals surface area contributed by atoms with Gasteiger partial charge in [-0.2, -0.15) is 0 Å². The molecule has 0 saturated heterocycles. The third kappa shape index (κ3) is 3.77. The van der Waals surface area contributed by atoms with Gasteiger partial charge in [-0.1, -0.05) is 60.7 Å². The van der Waals surface area contributed by atoms with Gasteiger partial charge in [0, 0.05) is 5.02 Å². The molecule has 1 heteroatoms. The van der Waals surface area contributed by atoms with Crippen LogP contribution in [0.3, 0.4) is 0 Å². The third-order valence-electron chi connectivity index (χ3n) is 1.52. The van der Waals surface area contributed by atoms with E-state index in [-0.39, 0.29) is 0 Å². The maximum absolute atomic E-state index is 5.74. The Morgan fingerprint density at radius 1 is 1.00 bits per heavy atom. The van der Waals surface area contributed by atoms with E-state index in [2.05, 4.69) is 6.58 Å². The largest absolute Gasteiger partial charge is 0.0991 e. The summed E-state index contributed by atoms with van der Waals surface area (Å²) in [6.45, 7) is 3.58. The molecule has 1 aromatic rings. The van der Waals surface area contributed by atoms with Crippen molar-refractivity contribution in [3.8, 4) is 0 Å². The molecule has 0 aliphatic heterocycles. The van der Waals surface area contributed by atoms with E-state index in [0.29, 0.717) is 0 Å². The lowest BCUT2D eigenvalue weighted by Crippen LogP contribution is -1.68. The number of halogens is 1. The zero-order valence-electron chi connectivity index (χ0n) is 7.28. The second-order valence-electron chi connectivity index (χ2n) is 2.53. The summed E-state index contributed by atoms with van der Waals surface area (Å²) in [6.07, 6.45) is 9.53. The monoisotopic (exact) mass is 190 g/mol. The van der Waals surface area contributed by atoms with E-state index < -0.39 is 0 Å². The Kier molecular flexibility index (Phi) is 4.07. The van der Waals surface area contributed by atoms with Crippen LogP contribution in [0.5, 0.6) is 0 Å². The molecule has 0 amide bonds. The zero-order chi connectivity index (χ0) is 9.52. The van der Waals surface area contributed by atoms with Crippen LogP contribution in [0.4, 0.5) is 0 Å². The van der Waals surface area contributed by atoms with Gasteiger partial charge in [-0.25, -0.2) is 0 Å². The lowest BCUT2D eigenvalue weighted by molar-refractivity contribution is 1.66. The first-order valence-electron chi connectivity index (χ1n) is 4.04. The van der Waals surface area contributed by atoms with Crippen molar-refractivity contribution in [3.63, 3.8) is 0 Å². The lowest BCUT2D eigenvalue weighted by Gasteiger charge is -1.91. The predicted octanol–water partition coefficient (Wildman–Crippen LogP) is 4.10. The molecule has 0 radical (unpaired) electrons. The Hall–Kier alpha value is -1.27. The molecule has 0 aromatic heterocycles. The van der Waals surface area contributed by atoms with Crippen molar-refractivity contribution in [2.24, 2.45) is 0 Å². The van der Waals surface area contributed by atoms with E-state index in [9.17, 15) is 0 Å². The highest BCUT2D eigenvalue weighted by Gasteiger charge is 1.85. The van der Waals surface area contributed by atoms with Crippen LogP contribution in [0.1, 0.15) is 5.56 Å². The number of allylic oxidation sites excluding steroid dienone is 4. The molecule has 0 aliphatic rings. The number of benzene rings is 1. The van der Waals surface area contributed by atoms with Gasteiger partial charge in [-0.15, -0.1) is 0 Å². The smallest absolute Gasteiger partial charge is 0.0406 e. The zero-order valence-corrected chi connectivity index (χ0v) is 8.04. The molecule has 0 fully saturated rings. The normalized spacial score (nSPS) is 11.2. The predicted molar refractivity (Wildman–Crippen MR) is 59.8 cm³/mol. The van der Waals surface area contributed by atoms with Gasteiger partial charge in [-0.05, 0) is 17.7 Å². The van der Waals surface area contributed by atoms with Crippen LogP contribution in [0.2, 0.25) is 5.02 Å². The van der Waals surface area contributed by atoms with E-state index in [1.54, 1.807) is 6.08 Å². The maximum Gasteiger partial charge on any atom is 0.0406 e. The number of hydrogen-bond donors (Lipinski definition) is 0. The van der Waals surface area contributed by atoms with Crippen LogP contribution in [-0.2, 0) is 0 Å². The van der Waals surface area contributed by atoms with Crippen LogP contribution < -0.4 is 0 Å². The number of hydrogen-bond acceptors (Lipinski definition) is 0. The van der Waals surface area contributed by atoms with Gasteiger partial charge >= 0.3 is 0 Å². The second-order valence-corrected chi connectivity index (χ2v) is 2.97. The molecular weight excluding hydrogens is 180 g/mol. The van der Waals surface area contributed by atoms with Gasteiger partial charge in [0.25, 0.3) is 0 Å². The molecule has 1 aromatic carbocycles. The first kappa shape index (κ1) is 9.82. The Labute approximate surface area is 83.9 Å². The summed E-state index contributed by atoms with van der Waals surface area (Å²) in [4.78, 5) is 0. The van der Waals surface area contributed by atoms with Crippen molar-refractivity contribution < 1.29 is 0 Å². The maximum atomic E-state index is 5.74. The van der Waals surface area contributed by atoms with E-state index in [4.69, 9.17) is 11.6 Å². The molecule has 0 unspecified atom stereocenters. The van der Waals surface area contributed by atoms with Crippen molar-refractivity contribution in [2.75, 3.05) is 0 Å². The van der Waals surface area contributed by atoms with Crippen molar-refractivity contribution in [1.82, 2.24) is 0 Å². The first-order chi connectivity index (χ1) is 6.33. The van der Waals surface area contributed by atoms with Crippen molar-refractivity contribution in [3.05, 3.63) is 65.7 Å². The number of rotatable bonds is 3. The third-order valence-corrected chi connectivity index (χ3v) is 1.77. The van der Waals surface area contributed by atoms with Gasteiger partial charge in [0.05, 0.1) is 0 Å². The highest BCUT2D eigenvalue weighted by atomic mass is 35.5. The Morgan fingerprint density at radius 3 is 2.31 bits per heavy atom.